The third-order valence-corrected chi connectivity index (χ3v) is 6.16. The van der Waals surface area contributed by atoms with Gasteiger partial charge in [-0.3, -0.25) is 0 Å². The molecule has 0 saturated heterocycles. The Bertz CT molecular complexity index is 759. The summed E-state index contributed by atoms with van der Waals surface area (Å²) in [4.78, 5) is 2.30. The Morgan fingerprint density at radius 2 is 1.44 bits per heavy atom. The third kappa shape index (κ3) is 16.4. The summed E-state index contributed by atoms with van der Waals surface area (Å²) < 4.78 is 54.9. The van der Waals surface area contributed by atoms with Crippen molar-refractivity contribution < 1.29 is 36.4 Å². The minimum Gasteiger partial charge on any atom is -0.748 e. The number of nitrogens with zero attached hydrogens (tertiary/aromatic N) is 2. The van der Waals surface area contributed by atoms with Crippen LogP contribution < -0.4 is 4.90 Å². The summed E-state index contributed by atoms with van der Waals surface area (Å²) in [7, 11) is -0.160. The SMILES string of the molecule is CCN(CCOCCOCCOCCOCC[N+](C)(C)CCCS(=O)(=O)[O-])c1cccc(C)c1. The monoisotopic (exact) mass is 504 g/mol. The van der Waals surface area contributed by atoms with Gasteiger partial charge >= 0.3 is 0 Å². The molecule has 1 aromatic carbocycles. The second-order valence-electron chi connectivity index (χ2n) is 8.87. The van der Waals surface area contributed by atoms with Gasteiger partial charge < -0.3 is 32.9 Å². The van der Waals surface area contributed by atoms with E-state index in [1.165, 1.54) is 11.3 Å². The number of aryl methyl sites for hydroxylation is 1. The number of hydrogen-bond acceptors (Lipinski definition) is 8. The Labute approximate surface area is 206 Å². The molecule has 0 amide bonds. The molecule has 0 aliphatic heterocycles. The first kappa shape index (κ1) is 30.8. The van der Waals surface area contributed by atoms with Crippen LogP contribution in [0.5, 0.6) is 0 Å². The molecular formula is C24H44N2O7S. The Kier molecular flexibility index (Phi) is 15.6. The van der Waals surface area contributed by atoms with Crippen LogP contribution in [-0.2, 0) is 29.1 Å². The van der Waals surface area contributed by atoms with Crippen LogP contribution >= 0.6 is 0 Å². The largest absolute Gasteiger partial charge is 0.748 e. The zero-order valence-corrected chi connectivity index (χ0v) is 22.2. The highest BCUT2D eigenvalue weighted by atomic mass is 32.2. The van der Waals surface area contributed by atoms with E-state index in [1.807, 2.05) is 14.1 Å². The molecule has 34 heavy (non-hydrogen) atoms. The molecule has 0 spiro atoms. The average molecular weight is 505 g/mol. The Morgan fingerprint density at radius 3 is 1.97 bits per heavy atom. The van der Waals surface area contributed by atoms with E-state index in [9.17, 15) is 13.0 Å². The molecule has 0 aliphatic rings. The molecule has 0 N–H and O–H groups in total. The molecule has 0 saturated carbocycles. The molecule has 0 fully saturated rings. The van der Waals surface area contributed by atoms with Gasteiger partial charge in [0.1, 0.15) is 6.54 Å². The van der Waals surface area contributed by atoms with Crippen molar-refractivity contribution in [1.29, 1.82) is 0 Å². The number of hydrogen-bond donors (Lipinski definition) is 0. The van der Waals surface area contributed by atoms with E-state index in [-0.39, 0.29) is 5.75 Å². The van der Waals surface area contributed by atoms with E-state index in [2.05, 4.69) is 43.0 Å². The molecule has 0 atom stereocenters. The van der Waals surface area contributed by atoms with Gasteiger partial charge in [0.2, 0.25) is 0 Å². The molecule has 0 radical (unpaired) electrons. The van der Waals surface area contributed by atoms with E-state index in [4.69, 9.17) is 18.9 Å². The van der Waals surface area contributed by atoms with Crippen molar-refractivity contribution in [2.45, 2.75) is 20.3 Å². The Hall–Kier alpha value is -1.27. The highest BCUT2D eigenvalue weighted by molar-refractivity contribution is 7.85. The van der Waals surface area contributed by atoms with Crippen LogP contribution in [0.2, 0.25) is 0 Å². The van der Waals surface area contributed by atoms with Crippen LogP contribution in [0, 0.1) is 6.92 Å². The fourth-order valence-electron chi connectivity index (χ4n) is 3.32. The first-order chi connectivity index (χ1) is 16.1. The van der Waals surface area contributed by atoms with E-state index in [1.54, 1.807) is 0 Å². The predicted octanol–water partition coefficient (Wildman–Crippen LogP) is 1.90. The van der Waals surface area contributed by atoms with Gasteiger partial charge in [-0.1, -0.05) is 12.1 Å². The van der Waals surface area contributed by atoms with Crippen molar-refractivity contribution in [3.05, 3.63) is 29.8 Å². The lowest BCUT2D eigenvalue weighted by Gasteiger charge is -2.29. The molecule has 0 unspecified atom stereocenters. The minimum atomic E-state index is -4.14. The molecule has 9 nitrogen and oxygen atoms in total. The van der Waals surface area contributed by atoms with Gasteiger partial charge in [-0.25, -0.2) is 8.42 Å². The number of quaternary nitrogens is 1. The van der Waals surface area contributed by atoms with E-state index >= 15 is 0 Å². The highest BCUT2D eigenvalue weighted by Gasteiger charge is 2.14. The van der Waals surface area contributed by atoms with Crippen LogP contribution in [0.25, 0.3) is 0 Å². The topological polar surface area (TPSA) is 97.4 Å². The van der Waals surface area contributed by atoms with Crippen molar-refractivity contribution in [2.75, 3.05) is 104 Å². The first-order valence-electron chi connectivity index (χ1n) is 12.0. The first-order valence-corrected chi connectivity index (χ1v) is 13.6. The maximum absolute atomic E-state index is 10.7. The van der Waals surface area contributed by atoms with Gasteiger partial charge in [-0.15, -0.1) is 0 Å². The number of likely N-dealkylation sites (N-methyl/N-ethyl adjacent to an activating group) is 2. The summed E-state index contributed by atoms with van der Waals surface area (Å²) in [6, 6.07) is 8.49. The van der Waals surface area contributed by atoms with Crippen LogP contribution in [0.3, 0.4) is 0 Å². The quantitative estimate of drug-likeness (QED) is 0.142. The van der Waals surface area contributed by atoms with Gasteiger partial charge in [-0.2, -0.15) is 0 Å². The lowest BCUT2D eigenvalue weighted by molar-refractivity contribution is -0.890. The van der Waals surface area contributed by atoms with Crippen molar-refractivity contribution in [2.24, 2.45) is 0 Å². The van der Waals surface area contributed by atoms with Crippen molar-refractivity contribution in [3.63, 3.8) is 0 Å². The van der Waals surface area contributed by atoms with Gasteiger partial charge in [-0.05, 0) is 31.5 Å². The summed E-state index contributed by atoms with van der Waals surface area (Å²) >= 11 is 0. The van der Waals surface area contributed by atoms with Crippen LogP contribution in [0.4, 0.5) is 5.69 Å². The Morgan fingerprint density at radius 1 is 0.882 bits per heavy atom. The lowest BCUT2D eigenvalue weighted by Crippen LogP contribution is -2.43. The normalized spacial score (nSPS) is 12.3. The maximum Gasteiger partial charge on any atom is 0.102 e. The van der Waals surface area contributed by atoms with E-state index in [0.29, 0.717) is 70.3 Å². The molecule has 10 heteroatoms. The lowest BCUT2D eigenvalue weighted by atomic mass is 10.2. The second-order valence-corrected chi connectivity index (χ2v) is 10.4. The molecular weight excluding hydrogens is 460 g/mol. The summed E-state index contributed by atoms with van der Waals surface area (Å²) in [6.45, 7) is 11.7. The second kappa shape index (κ2) is 17.2. The summed E-state index contributed by atoms with van der Waals surface area (Å²) in [5.74, 6) is -0.316. The minimum absolute atomic E-state index is 0.316. The molecule has 0 bridgehead atoms. The van der Waals surface area contributed by atoms with Gasteiger partial charge in [0.15, 0.2) is 0 Å². The Balaban J connectivity index is 1.91. The van der Waals surface area contributed by atoms with Crippen molar-refractivity contribution in [3.8, 4) is 0 Å². The molecule has 0 aromatic heterocycles. The zero-order valence-electron chi connectivity index (χ0n) is 21.4. The van der Waals surface area contributed by atoms with Crippen LogP contribution in [0.15, 0.2) is 24.3 Å². The standard InChI is InChI=1S/C24H44N2O7S/c1-5-25(24-9-6-8-23(2)22-24)10-13-30-15-17-32-19-20-33-18-16-31-14-12-26(3,4)11-7-21-34(27,28)29/h6,8-9,22H,5,7,10-21H2,1-4H3. The zero-order chi connectivity index (χ0) is 25.3. The fraction of sp³-hybridized carbons (Fsp3) is 0.750. The predicted molar refractivity (Wildman–Crippen MR) is 133 cm³/mol. The molecule has 1 rings (SSSR count). The smallest absolute Gasteiger partial charge is 0.102 e. The van der Waals surface area contributed by atoms with Gasteiger partial charge in [0.25, 0.3) is 0 Å². The van der Waals surface area contributed by atoms with Gasteiger partial charge in [0, 0.05) is 31.0 Å². The number of ether oxygens (including phenoxy) is 4. The van der Waals surface area contributed by atoms with Crippen molar-refractivity contribution >= 4 is 15.8 Å². The van der Waals surface area contributed by atoms with Crippen molar-refractivity contribution in [1.82, 2.24) is 0 Å². The summed E-state index contributed by atoms with van der Waals surface area (Å²) in [5, 5.41) is 0. The highest BCUT2D eigenvalue weighted by Crippen LogP contribution is 2.15. The third-order valence-electron chi connectivity index (χ3n) is 5.37. The van der Waals surface area contributed by atoms with Crippen LogP contribution in [-0.4, -0.2) is 116 Å². The van der Waals surface area contributed by atoms with Gasteiger partial charge in [0.05, 0.1) is 83.6 Å². The molecule has 1 aromatic rings. The summed E-state index contributed by atoms with van der Waals surface area (Å²) in [6.07, 6.45) is 0.359. The molecule has 0 heterocycles. The van der Waals surface area contributed by atoms with Crippen LogP contribution in [0.1, 0.15) is 18.9 Å². The number of rotatable bonds is 21. The fourth-order valence-corrected chi connectivity index (χ4v) is 3.81. The maximum atomic E-state index is 10.7. The summed E-state index contributed by atoms with van der Waals surface area (Å²) in [5.41, 5.74) is 2.48. The van der Waals surface area contributed by atoms with E-state index < -0.39 is 10.1 Å². The molecule has 198 valence electrons. The number of anilines is 1. The average Bonchev–Trinajstić information content (AvgIpc) is 2.75. The number of benzene rings is 1. The molecule has 0 aliphatic carbocycles. The van der Waals surface area contributed by atoms with E-state index in [0.717, 1.165) is 19.6 Å².